The molecule has 32 heavy (non-hydrogen) atoms. The molecule has 0 aliphatic heterocycles. The summed E-state index contributed by atoms with van der Waals surface area (Å²) in [5, 5.41) is 5.84. The summed E-state index contributed by atoms with van der Waals surface area (Å²) in [6.07, 6.45) is 2.66. The molecule has 0 bridgehead atoms. The third-order valence-corrected chi connectivity index (χ3v) is 5.37. The van der Waals surface area contributed by atoms with Gasteiger partial charge in [0.05, 0.1) is 0 Å². The van der Waals surface area contributed by atoms with Crippen molar-refractivity contribution in [1.82, 2.24) is 9.38 Å². The number of rotatable bonds is 5. The Morgan fingerprint density at radius 1 is 0.938 bits per heavy atom. The van der Waals surface area contributed by atoms with Crippen molar-refractivity contribution in [3.05, 3.63) is 83.2 Å². The van der Waals surface area contributed by atoms with E-state index in [0.717, 1.165) is 28.7 Å². The first kappa shape index (κ1) is 21.3. The highest BCUT2D eigenvalue weighted by Crippen LogP contribution is 2.28. The van der Waals surface area contributed by atoms with E-state index < -0.39 is 0 Å². The van der Waals surface area contributed by atoms with E-state index >= 15 is 0 Å². The van der Waals surface area contributed by atoms with Crippen molar-refractivity contribution >= 4 is 28.8 Å². The summed E-state index contributed by atoms with van der Waals surface area (Å²) in [6, 6.07) is 17.4. The molecule has 0 aliphatic carbocycles. The van der Waals surface area contributed by atoms with Gasteiger partial charge < -0.3 is 10.6 Å². The van der Waals surface area contributed by atoms with Crippen LogP contribution in [-0.4, -0.2) is 21.2 Å². The maximum Gasteiger partial charge on any atom is 0.274 e. The summed E-state index contributed by atoms with van der Waals surface area (Å²) >= 11 is 0. The van der Waals surface area contributed by atoms with Crippen molar-refractivity contribution in [2.75, 3.05) is 10.6 Å². The van der Waals surface area contributed by atoms with Gasteiger partial charge in [-0.15, -0.1) is 0 Å². The zero-order valence-corrected chi connectivity index (χ0v) is 18.7. The largest absolute Gasteiger partial charge is 0.326 e. The molecule has 0 radical (unpaired) electrons. The Hall–Kier alpha value is -3.93. The van der Waals surface area contributed by atoms with Crippen LogP contribution in [0, 0.1) is 13.8 Å². The van der Waals surface area contributed by atoms with Gasteiger partial charge in [-0.2, -0.15) is 0 Å². The smallest absolute Gasteiger partial charge is 0.274 e. The number of aryl methyl sites for hydroxylation is 3. The molecule has 2 aromatic carbocycles. The van der Waals surface area contributed by atoms with Crippen LogP contribution in [0.15, 0.2) is 60.8 Å². The van der Waals surface area contributed by atoms with Gasteiger partial charge in [-0.25, -0.2) is 4.98 Å². The van der Waals surface area contributed by atoms with Gasteiger partial charge in [-0.1, -0.05) is 48.9 Å². The fraction of sp³-hybridized carbons (Fsp3) is 0.192. The number of anilines is 2. The first-order chi connectivity index (χ1) is 15.4. The molecule has 0 saturated carbocycles. The molecular weight excluding hydrogens is 400 g/mol. The Morgan fingerprint density at radius 2 is 1.66 bits per heavy atom. The van der Waals surface area contributed by atoms with Crippen molar-refractivity contribution in [2.24, 2.45) is 0 Å². The molecule has 4 rings (SSSR count). The average molecular weight is 427 g/mol. The summed E-state index contributed by atoms with van der Waals surface area (Å²) in [7, 11) is 0. The van der Waals surface area contributed by atoms with E-state index in [1.807, 2.05) is 79.9 Å². The van der Waals surface area contributed by atoms with Crippen LogP contribution >= 0.6 is 0 Å². The Bertz CT molecular complexity index is 1320. The van der Waals surface area contributed by atoms with E-state index in [1.54, 1.807) is 6.07 Å². The van der Waals surface area contributed by atoms with Crippen LogP contribution in [0.2, 0.25) is 0 Å². The highest BCUT2D eigenvalue weighted by molar-refractivity contribution is 6.08. The SMILES string of the molecule is CCc1ccc(NC(C)=O)cc1NC(=O)c1c(-c2ccc(C)cc2)nc2ccc(C)cn12. The van der Waals surface area contributed by atoms with E-state index in [9.17, 15) is 9.59 Å². The second-order valence-electron chi connectivity index (χ2n) is 7.97. The topological polar surface area (TPSA) is 75.5 Å². The summed E-state index contributed by atoms with van der Waals surface area (Å²) in [5.74, 6) is -0.418. The molecule has 6 heteroatoms. The summed E-state index contributed by atoms with van der Waals surface area (Å²) < 4.78 is 1.84. The van der Waals surface area contributed by atoms with Crippen LogP contribution in [0.1, 0.15) is 41.0 Å². The van der Waals surface area contributed by atoms with Gasteiger partial charge in [0.25, 0.3) is 5.91 Å². The molecule has 0 atom stereocenters. The number of nitrogens with one attached hydrogen (secondary N) is 2. The molecule has 0 spiro atoms. The number of hydrogen-bond donors (Lipinski definition) is 2. The number of benzene rings is 2. The van der Waals surface area contributed by atoms with Gasteiger partial charge in [0.1, 0.15) is 17.0 Å². The summed E-state index contributed by atoms with van der Waals surface area (Å²) in [6.45, 7) is 7.50. The van der Waals surface area contributed by atoms with Crippen molar-refractivity contribution in [3.8, 4) is 11.3 Å². The Balaban J connectivity index is 1.81. The number of carbonyl (C=O) groups excluding carboxylic acids is 2. The van der Waals surface area contributed by atoms with E-state index in [0.29, 0.717) is 28.4 Å². The van der Waals surface area contributed by atoms with Crippen LogP contribution in [0.4, 0.5) is 11.4 Å². The first-order valence-corrected chi connectivity index (χ1v) is 10.6. The molecule has 2 aromatic heterocycles. The first-order valence-electron chi connectivity index (χ1n) is 10.6. The molecule has 2 heterocycles. The van der Waals surface area contributed by atoms with Gasteiger partial charge in [0, 0.05) is 30.1 Å². The third-order valence-electron chi connectivity index (χ3n) is 5.37. The monoisotopic (exact) mass is 426 g/mol. The van der Waals surface area contributed by atoms with Crippen molar-refractivity contribution in [2.45, 2.75) is 34.1 Å². The third kappa shape index (κ3) is 4.25. The molecule has 162 valence electrons. The van der Waals surface area contributed by atoms with Crippen molar-refractivity contribution in [3.63, 3.8) is 0 Å². The van der Waals surface area contributed by atoms with Crippen LogP contribution in [0.3, 0.4) is 0 Å². The quantitative estimate of drug-likeness (QED) is 0.449. The maximum atomic E-state index is 13.6. The standard InChI is InChI=1S/C26H26N4O2/c1-5-19-11-12-21(27-18(4)31)14-22(19)28-26(32)25-24(20-9-6-16(2)7-10-20)29-23-13-8-17(3)15-30(23)25/h6-15H,5H2,1-4H3,(H,27,31)(H,28,32). The summed E-state index contributed by atoms with van der Waals surface area (Å²) in [5.41, 5.74) is 7.14. The predicted octanol–water partition coefficient (Wildman–Crippen LogP) is 5.39. The van der Waals surface area contributed by atoms with Crippen LogP contribution in [0.5, 0.6) is 0 Å². The van der Waals surface area contributed by atoms with Gasteiger partial charge in [0.2, 0.25) is 5.91 Å². The van der Waals surface area contributed by atoms with Crippen molar-refractivity contribution in [1.29, 1.82) is 0 Å². The molecule has 0 fully saturated rings. The Morgan fingerprint density at radius 3 is 2.34 bits per heavy atom. The average Bonchev–Trinajstić information content (AvgIpc) is 3.12. The van der Waals surface area contributed by atoms with Crippen LogP contribution in [-0.2, 0) is 11.2 Å². The molecule has 0 saturated heterocycles. The van der Waals surface area contributed by atoms with Gasteiger partial charge in [-0.05, 0) is 49.6 Å². The van der Waals surface area contributed by atoms with E-state index in [4.69, 9.17) is 4.98 Å². The zero-order chi connectivity index (χ0) is 22.8. The lowest BCUT2D eigenvalue weighted by molar-refractivity contribution is -0.114. The lowest BCUT2D eigenvalue weighted by Crippen LogP contribution is -2.17. The number of pyridine rings is 1. The number of carbonyl (C=O) groups is 2. The van der Waals surface area contributed by atoms with E-state index in [2.05, 4.69) is 10.6 Å². The number of amides is 2. The Labute approximate surface area is 187 Å². The maximum absolute atomic E-state index is 13.6. The normalized spacial score (nSPS) is 10.9. The molecule has 4 aromatic rings. The second-order valence-corrected chi connectivity index (χ2v) is 7.97. The molecule has 2 amide bonds. The molecule has 0 unspecified atom stereocenters. The fourth-order valence-corrected chi connectivity index (χ4v) is 3.74. The Kier molecular flexibility index (Phi) is 5.77. The van der Waals surface area contributed by atoms with Gasteiger partial charge in [0.15, 0.2) is 0 Å². The lowest BCUT2D eigenvalue weighted by Gasteiger charge is -2.13. The van der Waals surface area contributed by atoms with Gasteiger partial charge >= 0.3 is 0 Å². The van der Waals surface area contributed by atoms with E-state index in [-0.39, 0.29) is 11.8 Å². The molecule has 0 aliphatic rings. The number of fused-ring (bicyclic) bond motifs is 1. The lowest BCUT2D eigenvalue weighted by atomic mass is 10.1. The van der Waals surface area contributed by atoms with Gasteiger partial charge in [-0.3, -0.25) is 14.0 Å². The minimum Gasteiger partial charge on any atom is -0.326 e. The fourth-order valence-electron chi connectivity index (χ4n) is 3.74. The number of nitrogens with zero attached hydrogens (tertiary/aromatic N) is 2. The van der Waals surface area contributed by atoms with E-state index in [1.165, 1.54) is 6.92 Å². The van der Waals surface area contributed by atoms with Crippen LogP contribution in [0.25, 0.3) is 16.9 Å². The molecular formula is C26H26N4O2. The number of imidazole rings is 1. The summed E-state index contributed by atoms with van der Waals surface area (Å²) in [4.78, 5) is 29.8. The molecule has 2 N–H and O–H groups in total. The number of hydrogen-bond acceptors (Lipinski definition) is 3. The highest BCUT2D eigenvalue weighted by Gasteiger charge is 2.22. The predicted molar refractivity (Wildman–Crippen MR) is 128 cm³/mol. The number of aromatic nitrogens is 2. The minimum atomic E-state index is -0.256. The molecule has 6 nitrogen and oxygen atoms in total. The minimum absolute atomic E-state index is 0.162. The van der Waals surface area contributed by atoms with Crippen molar-refractivity contribution < 1.29 is 9.59 Å². The highest BCUT2D eigenvalue weighted by atomic mass is 16.2. The zero-order valence-electron chi connectivity index (χ0n) is 18.7. The van der Waals surface area contributed by atoms with Crippen LogP contribution < -0.4 is 10.6 Å². The second kappa shape index (κ2) is 8.67.